The molecule has 51 heavy (non-hydrogen) atoms. The van der Waals surface area contributed by atoms with Crippen LogP contribution in [0.1, 0.15) is 86.3 Å². The number of alkyl carbamates (subject to hydrolysis) is 1. The second kappa shape index (κ2) is 20.4. The molecule has 14 nitrogen and oxygen atoms in total. The van der Waals surface area contributed by atoms with Crippen molar-refractivity contribution in [3.05, 3.63) is 71.8 Å². The van der Waals surface area contributed by atoms with Crippen molar-refractivity contribution >= 4 is 29.7 Å². The average Bonchev–Trinajstić information content (AvgIpc) is 3.04. The van der Waals surface area contributed by atoms with E-state index in [9.17, 15) is 24.0 Å². The molecule has 0 aliphatic carbocycles. The molecule has 0 aliphatic heterocycles. The molecule has 5 amide bonds. The molecule has 0 aromatic heterocycles. The summed E-state index contributed by atoms with van der Waals surface area (Å²) in [4.78, 5) is 65.7. The minimum atomic E-state index is -0.958. The monoisotopic (exact) mass is 710 g/mol. The number of hydrazine groups is 3. The Morgan fingerprint density at radius 2 is 1.14 bits per heavy atom. The highest BCUT2D eigenvalue weighted by Crippen LogP contribution is 2.13. The molecule has 0 radical (unpaired) electrons. The molecule has 2 rings (SSSR count). The van der Waals surface area contributed by atoms with Crippen LogP contribution in [0, 0.1) is 11.8 Å². The Morgan fingerprint density at radius 1 is 0.667 bits per heavy atom. The fraction of sp³-hybridized carbons (Fsp3) is 0.541. The standard InChI is InChI=1S/C37H58N8O6/c1-24(2)20-30(40-36(50)51-37(7,8)9)34(48)41-43-45(23-29-18-14-11-15-19-29)27(6)33(47)39-31(21-25(3)4)35(49)42-44(26(5)32(38)46)22-28-16-12-10-13-17-28/h10-19,24-27,30-31,43H,20-23H2,1-9H3,(H2,38,46)(H,39,47)(H,40,50)(H,41,48)(H,42,49)/t26-,27-,30-,31-/m1/s1. The van der Waals surface area contributed by atoms with Crippen molar-refractivity contribution in [2.45, 2.75) is 118 Å². The summed E-state index contributed by atoms with van der Waals surface area (Å²) < 4.78 is 5.36. The lowest BCUT2D eigenvalue weighted by Gasteiger charge is -2.33. The molecule has 0 saturated carbocycles. The normalized spacial score (nSPS) is 14.1. The lowest BCUT2D eigenvalue weighted by molar-refractivity contribution is -0.138. The molecular formula is C37H58N8O6. The van der Waals surface area contributed by atoms with E-state index in [0.29, 0.717) is 12.8 Å². The van der Waals surface area contributed by atoms with Crippen molar-refractivity contribution in [1.82, 2.24) is 37.0 Å². The second-order valence-corrected chi connectivity index (χ2v) is 14.6. The van der Waals surface area contributed by atoms with Gasteiger partial charge in [0, 0.05) is 13.1 Å². The van der Waals surface area contributed by atoms with Crippen molar-refractivity contribution in [3.8, 4) is 0 Å². The number of hydrogen-bond donors (Lipinski definition) is 6. The number of hydrogen-bond acceptors (Lipinski definition) is 9. The van der Waals surface area contributed by atoms with Crippen LogP contribution in [-0.4, -0.2) is 69.5 Å². The molecule has 0 saturated heterocycles. The molecule has 0 aliphatic rings. The smallest absolute Gasteiger partial charge is 0.408 e. The van der Waals surface area contributed by atoms with Crippen molar-refractivity contribution in [1.29, 1.82) is 0 Å². The molecule has 282 valence electrons. The van der Waals surface area contributed by atoms with Gasteiger partial charge in [0.1, 0.15) is 29.8 Å². The number of benzene rings is 2. The summed E-state index contributed by atoms with van der Waals surface area (Å²) in [6, 6.07) is 15.0. The average molecular weight is 711 g/mol. The highest BCUT2D eigenvalue weighted by atomic mass is 16.6. The molecule has 0 bridgehead atoms. The van der Waals surface area contributed by atoms with Crippen LogP contribution in [0.25, 0.3) is 0 Å². The quantitative estimate of drug-likeness (QED) is 0.119. The van der Waals surface area contributed by atoms with Gasteiger partial charge in [-0.15, -0.1) is 0 Å². The maximum absolute atomic E-state index is 13.8. The number of rotatable bonds is 19. The van der Waals surface area contributed by atoms with Crippen LogP contribution in [0.15, 0.2) is 60.7 Å². The third-order valence-corrected chi connectivity index (χ3v) is 7.75. The first-order chi connectivity index (χ1) is 23.9. The van der Waals surface area contributed by atoms with Gasteiger partial charge in [-0.2, -0.15) is 5.53 Å². The predicted molar refractivity (Wildman–Crippen MR) is 196 cm³/mol. The predicted octanol–water partition coefficient (Wildman–Crippen LogP) is 3.29. The van der Waals surface area contributed by atoms with Gasteiger partial charge in [-0.3, -0.25) is 30.0 Å². The number of nitrogens with two attached hydrogens (primary N) is 1. The van der Waals surface area contributed by atoms with Crippen LogP contribution in [0.4, 0.5) is 4.79 Å². The van der Waals surface area contributed by atoms with E-state index in [4.69, 9.17) is 10.5 Å². The summed E-state index contributed by atoms with van der Waals surface area (Å²) in [6.45, 7) is 16.6. The molecule has 0 heterocycles. The van der Waals surface area contributed by atoms with Crippen LogP contribution < -0.4 is 32.8 Å². The van der Waals surface area contributed by atoms with Crippen LogP contribution in [0.5, 0.6) is 0 Å². The fourth-order valence-corrected chi connectivity index (χ4v) is 4.98. The summed E-state index contributed by atoms with van der Waals surface area (Å²) in [5, 5.41) is 8.51. The van der Waals surface area contributed by atoms with E-state index in [0.717, 1.165) is 11.1 Å². The Hall–Kier alpha value is -4.53. The summed E-state index contributed by atoms with van der Waals surface area (Å²) in [5.74, 6) is -2.05. The topological polar surface area (TPSA) is 187 Å². The van der Waals surface area contributed by atoms with Gasteiger partial charge in [-0.25, -0.2) is 14.8 Å². The molecule has 0 unspecified atom stereocenters. The van der Waals surface area contributed by atoms with E-state index in [2.05, 4.69) is 27.0 Å². The third-order valence-electron chi connectivity index (χ3n) is 7.75. The number of ether oxygens (including phenoxy) is 1. The van der Waals surface area contributed by atoms with E-state index in [1.54, 1.807) is 34.6 Å². The zero-order valence-electron chi connectivity index (χ0n) is 31.5. The van der Waals surface area contributed by atoms with E-state index >= 15 is 0 Å². The first-order valence-corrected chi connectivity index (χ1v) is 17.4. The van der Waals surface area contributed by atoms with Gasteiger partial charge in [0.25, 0.3) is 11.8 Å². The van der Waals surface area contributed by atoms with E-state index in [-0.39, 0.29) is 24.9 Å². The Morgan fingerprint density at radius 3 is 1.59 bits per heavy atom. The Balaban J connectivity index is 2.27. The summed E-state index contributed by atoms with van der Waals surface area (Å²) in [5.41, 5.74) is 14.9. The summed E-state index contributed by atoms with van der Waals surface area (Å²) in [6.07, 6.45) is -0.0765. The second-order valence-electron chi connectivity index (χ2n) is 14.6. The zero-order chi connectivity index (χ0) is 38.3. The SMILES string of the molecule is CC(C)C[C@@H](NC(=O)OC(C)(C)C)C(=O)NNN(Cc1ccccc1)[C@H](C)C(=O)N[C@H](CC(C)C)C(=O)NN(Cc1ccccc1)[C@H](C)C(N)=O. The molecule has 14 heteroatoms. The van der Waals surface area contributed by atoms with Crippen molar-refractivity contribution in [3.63, 3.8) is 0 Å². The van der Waals surface area contributed by atoms with Crippen LogP contribution >= 0.6 is 0 Å². The van der Waals surface area contributed by atoms with E-state index in [1.165, 1.54) is 10.0 Å². The van der Waals surface area contributed by atoms with Gasteiger partial charge in [-0.1, -0.05) is 88.4 Å². The van der Waals surface area contributed by atoms with Gasteiger partial charge >= 0.3 is 6.09 Å². The number of primary amides is 1. The summed E-state index contributed by atoms with van der Waals surface area (Å²) >= 11 is 0. The Bertz CT molecular complexity index is 1420. The van der Waals surface area contributed by atoms with Crippen LogP contribution in [0.2, 0.25) is 0 Å². The number of amides is 5. The lowest BCUT2D eigenvalue weighted by atomic mass is 10.0. The first kappa shape index (κ1) is 42.6. The number of nitrogens with one attached hydrogen (secondary N) is 5. The highest BCUT2D eigenvalue weighted by molar-refractivity contribution is 5.90. The minimum Gasteiger partial charge on any atom is -0.444 e. The van der Waals surface area contributed by atoms with Gasteiger partial charge in [0.15, 0.2) is 0 Å². The molecule has 0 spiro atoms. The number of nitrogens with zero attached hydrogens (tertiary/aromatic N) is 2. The van der Waals surface area contributed by atoms with Crippen molar-refractivity contribution in [2.24, 2.45) is 17.6 Å². The molecule has 7 N–H and O–H groups in total. The fourth-order valence-electron chi connectivity index (χ4n) is 4.98. The molecule has 2 aromatic carbocycles. The Kier molecular flexibility index (Phi) is 17.0. The van der Waals surface area contributed by atoms with Crippen LogP contribution in [0.3, 0.4) is 0 Å². The van der Waals surface area contributed by atoms with Crippen molar-refractivity contribution < 1.29 is 28.7 Å². The molecule has 0 fully saturated rings. The Labute approximate surface area is 302 Å². The molecule has 4 atom stereocenters. The third kappa shape index (κ3) is 15.9. The van der Waals surface area contributed by atoms with Gasteiger partial charge in [0.05, 0.1) is 0 Å². The molecule has 2 aromatic rings. The molecular weight excluding hydrogens is 652 g/mol. The maximum Gasteiger partial charge on any atom is 0.408 e. The largest absolute Gasteiger partial charge is 0.444 e. The summed E-state index contributed by atoms with van der Waals surface area (Å²) in [7, 11) is 0. The van der Waals surface area contributed by atoms with E-state index in [1.807, 2.05) is 88.4 Å². The van der Waals surface area contributed by atoms with Gasteiger partial charge < -0.3 is 21.1 Å². The van der Waals surface area contributed by atoms with Gasteiger partial charge in [0.2, 0.25) is 11.8 Å². The lowest BCUT2D eigenvalue weighted by Crippen LogP contribution is -2.62. The highest BCUT2D eigenvalue weighted by Gasteiger charge is 2.31. The zero-order valence-corrected chi connectivity index (χ0v) is 31.5. The first-order valence-electron chi connectivity index (χ1n) is 17.4. The van der Waals surface area contributed by atoms with Crippen molar-refractivity contribution in [2.75, 3.05) is 0 Å². The number of carbonyl (C=O) groups is 5. The van der Waals surface area contributed by atoms with Crippen LogP contribution in [-0.2, 0) is 37.0 Å². The maximum atomic E-state index is 13.8. The minimum absolute atomic E-state index is 0.0284. The number of carbonyl (C=O) groups excluding carboxylic acids is 5. The van der Waals surface area contributed by atoms with E-state index < -0.39 is 59.5 Å². The van der Waals surface area contributed by atoms with Gasteiger partial charge in [-0.05, 0) is 70.4 Å².